The summed E-state index contributed by atoms with van der Waals surface area (Å²) in [6, 6.07) is 12.9. The maximum Gasteiger partial charge on any atom is 0.248 e. The van der Waals surface area contributed by atoms with Gasteiger partial charge in [-0.25, -0.2) is 0 Å². The first-order valence-electron chi connectivity index (χ1n) is 8.28. The molecule has 0 saturated heterocycles. The molecule has 0 aliphatic rings. The van der Waals surface area contributed by atoms with Crippen molar-refractivity contribution in [1.29, 1.82) is 0 Å². The molecule has 0 saturated carbocycles. The average molecular weight is 348 g/mol. The molecule has 0 atom stereocenters. The van der Waals surface area contributed by atoms with Gasteiger partial charge in [0.2, 0.25) is 11.8 Å². The van der Waals surface area contributed by atoms with Crippen molar-refractivity contribution in [2.24, 2.45) is 0 Å². The number of hydrogen-bond acceptors (Lipinski definition) is 3. The third kappa shape index (κ3) is 4.36. The first kappa shape index (κ1) is 17.4. The van der Waals surface area contributed by atoms with E-state index in [1.54, 1.807) is 18.3 Å². The Labute approximate surface area is 151 Å². The summed E-state index contributed by atoms with van der Waals surface area (Å²) in [4.78, 5) is 24.0. The number of anilines is 2. The molecule has 0 bridgehead atoms. The number of carbonyl (C=O) groups excluding carboxylic acids is 2. The van der Waals surface area contributed by atoms with Crippen LogP contribution >= 0.6 is 0 Å². The number of H-pyrrole nitrogens is 1. The van der Waals surface area contributed by atoms with E-state index in [-0.39, 0.29) is 18.2 Å². The number of amides is 2. The van der Waals surface area contributed by atoms with Gasteiger partial charge in [0.15, 0.2) is 0 Å². The van der Waals surface area contributed by atoms with Gasteiger partial charge in [-0.1, -0.05) is 29.8 Å². The van der Waals surface area contributed by atoms with Crippen LogP contribution in [-0.4, -0.2) is 22.0 Å². The maximum atomic E-state index is 12.3. The second-order valence-electron chi connectivity index (χ2n) is 6.27. The van der Waals surface area contributed by atoms with Gasteiger partial charge in [0, 0.05) is 17.1 Å². The molecule has 0 aliphatic heterocycles. The third-order valence-electron chi connectivity index (χ3n) is 3.76. The normalized spacial score (nSPS) is 10.4. The van der Waals surface area contributed by atoms with E-state index in [0.29, 0.717) is 11.4 Å². The van der Waals surface area contributed by atoms with E-state index < -0.39 is 0 Å². The van der Waals surface area contributed by atoms with Gasteiger partial charge in [0.1, 0.15) is 0 Å². The first-order chi connectivity index (χ1) is 12.5. The van der Waals surface area contributed by atoms with Crippen molar-refractivity contribution in [2.45, 2.75) is 20.3 Å². The van der Waals surface area contributed by atoms with Crippen LogP contribution in [0.3, 0.4) is 0 Å². The fourth-order valence-corrected chi connectivity index (χ4v) is 2.60. The first-order valence-corrected chi connectivity index (χ1v) is 8.28. The highest BCUT2D eigenvalue weighted by Crippen LogP contribution is 2.20. The fraction of sp³-hybridized carbons (Fsp3) is 0.150. The van der Waals surface area contributed by atoms with Crippen molar-refractivity contribution in [3.8, 4) is 0 Å². The molecule has 1 aromatic heterocycles. The van der Waals surface area contributed by atoms with E-state index in [2.05, 4.69) is 20.8 Å². The summed E-state index contributed by atoms with van der Waals surface area (Å²) in [5.74, 6) is -0.281. The van der Waals surface area contributed by atoms with Crippen molar-refractivity contribution in [3.05, 3.63) is 65.9 Å². The molecule has 6 nitrogen and oxygen atoms in total. The Bertz CT molecular complexity index is 967. The Morgan fingerprint density at radius 2 is 1.85 bits per heavy atom. The molecule has 26 heavy (non-hydrogen) atoms. The minimum atomic E-state index is -0.164. The van der Waals surface area contributed by atoms with Crippen LogP contribution in [0.25, 0.3) is 10.9 Å². The monoisotopic (exact) mass is 348 g/mol. The van der Waals surface area contributed by atoms with Gasteiger partial charge < -0.3 is 10.6 Å². The number of rotatable bonds is 5. The Morgan fingerprint density at radius 3 is 2.58 bits per heavy atom. The van der Waals surface area contributed by atoms with Crippen molar-refractivity contribution in [2.75, 3.05) is 10.6 Å². The zero-order chi connectivity index (χ0) is 18.5. The number of benzene rings is 2. The summed E-state index contributed by atoms with van der Waals surface area (Å²) >= 11 is 0. The summed E-state index contributed by atoms with van der Waals surface area (Å²) in [6.07, 6.45) is 3.50. The van der Waals surface area contributed by atoms with Gasteiger partial charge in [-0.15, -0.1) is 0 Å². The lowest BCUT2D eigenvalue weighted by atomic mass is 10.1. The lowest BCUT2D eigenvalue weighted by Gasteiger charge is -2.07. The Balaban J connectivity index is 1.62. The topological polar surface area (TPSA) is 86.9 Å². The molecule has 2 aromatic carbocycles. The van der Waals surface area contributed by atoms with E-state index in [1.165, 1.54) is 6.08 Å². The van der Waals surface area contributed by atoms with Crippen LogP contribution < -0.4 is 10.6 Å². The third-order valence-corrected chi connectivity index (χ3v) is 3.76. The van der Waals surface area contributed by atoms with E-state index >= 15 is 0 Å². The standard InChI is InChI=1S/C20H20N4O2/c1-13(2)10-18(25)22-16-8-6-14(7-9-16)11-19(26)23-17-5-3-4-15-12-21-24-20(15)17/h3-10,12H,11H2,1-2H3,(H,21,24)(H,22,25)(H,23,26). The minimum Gasteiger partial charge on any atom is -0.324 e. The van der Waals surface area contributed by atoms with Crippen LogP contribution in [0.2, 0.25) is 0 Å². The predicted molar refractivity (Wildman–Crippen MR) is 103 cm³/mol. The zero-order valence-corrected chi connectivity index (χ0v) is 14.7. The molecule has 132 valence electrons. The van der Waals surface area contributed by atoms with E-state index in [1.807, 2.05) is 44.2 Å². The van der Waals surface area contributed by atoms with Gasteiger partial charge in [-0.2, -0.15) is 5.10 Å². The summed E-state index contributed by atoms with van der Waals surface area (Å²) in [7, 11) is 0. The van der Waals surface area contributed by atoms with Gasteiger partial charge in [0.05, 0.1) is 23.8 Å². The highest BCUT2D eigenvalue weighted by atomic mass is 16.2. The lowest BCUT2D eigenvalue weighted by molar-refractivity contribution is -0.115. The molecule has 0 fully saturated rings. The molecule has 1 heterocycles. The smallest absolute Gasteiger partial charge is 0.248 e. The van der Waals surface area contributed by atoms with Crippen LogP contribution in [0.15, 0.2) is 60.3 Å². The van der Waals surface area contributed by atoms with Crippen molar-refractivity contribution in [3.63, 3.8) is 0 Å². The summed E-state index contributed by atoms with van der Waals surface area (Å²) in [5, 5.41) is 13.5. The fourth-order valence-electron chi connectivity index (χ4n) is 2.60. The zero-order valence-electron chi connectivity index (χ0n) is 14.7. The van der Waals surface area contributed by atoms with Crippen LogP contribution in [0.1, 0.15) is 19.4 Å². The molecule has 0 spiro atoms. The largest absolute Gasteiger partial charge is 0.324 e. The molecule has 3 rings (SSSR count). The molecular formula is C20H20N4O2. The SMILES string of the molecule is CC(C)=CC(=O)Nc1ccc(CC(=O)Nc2cccc3cn[nH]c23)cc1. The number of aromatic amines is 1. The summed E-state index contributed by atoms with van der Waals surface area (Å²) < 4.78 is 0. The molecule has 2 amide bonds. The summed E-state index contributed by atoms with van der Waals surface area (Å²) in [5.41, 5.74) is 4.00. The molecular weight excluding hydrogens is 328 g/mol. The number of nitrogens with zero attached hydrogens (tertiary/aromatic N) is 1. The van der Waals surface area contributed by atoms with Crippen molar-refractivity contribution in [1.82, 2.24) is 10.2 Å². The van der Waals surface area contributed by atoms with Gasteiger partial charge >= 0.3 is 0 Å². The van der Waals surface area contributed by atoms with Gasteiger partial charge in [-0.05, 0) is 37.6 Å². The number of aromatic nitrogens is 2. The molecule has 0 radical (unpaired) electrons. The van der Waals surface area contributed by atoms with Crippen molar-refractivity contribution < 1.29 is 9.59 Å². The molecule has 6 heteroatoms. The van der Waals surface area contributed by atoms with E-state index in [9.17, 15) is 9.59 Å². The quantitative estimate of drug-likeness (QED) is 0.615. The molecule has 3 aromatic rings. The number of nitrogens with one attached hydrogen (secondary N) is 3. The maximum absolute atomic E-state index is 12.3. The molecule has 3 N–H and O–H groups in total. The van der Waals surface area contributed by atoms with E-state index in [4.69, 9.17) is 0 Å². The lowest BCUT2D eigenvalue weighted by Crippen LogP contribution is -2.14. The number of carbonyl (C=O) groups is 2. The van der Waals surface area contributed by atoms with Crippen LogP contribution in [-0.2, 0) is 16.0 Å². The van der Waals surface area contributed by atoms with Crippen molar-refractivity contribution >= 4 is 34.1 Å². The Hall–Kier alpha value is -3.41. The predicted octanol–water partition coefficient (Wildman–Crippen LogP) is 3.65. The van der Waals surface area contributed by atoms with Gasteiger partial charge in [-0.3, -0.25) is 14.7 Å². The average Bonchev–Trinajstić information content (AvgIpc) is 3.05. The molecule has 0 unspecified atom stereocenters. The van der Waals surface area contributed by atoms with Gasteiger partial charge in [0.25, 0.3) is 0 Å². The van der Waals surface area contributed by atoms with Crippen LogP contribution in [0.5, 0.6) is 0 Å². The Kier molecular flexibility index (Phi) is 5.12. The van der Waals surface area contributed by atoms with Crippen LogP contribution in [0, 0.1) is 0 Å². The van der Waals surface area contributed by atoms with E-state index in [0.717, 1.165) is 22.0 Å². The molecule has 0 aliphatic carbocycles. The van der Waals surface area contributed by atoms with Crippen LogP contribution in [0.4, 0.5) is 11.4 Å². The highest BCUT2D eigenvalue weighted by molar-refractivity contribution is 6.01. The number of para-hydroxylation sites is 1. The summed E-state index contributed by atoms with van der Waals surface area (Å²) in [6.45, 7) is 3.73. The number of allylic oxidation sites excluding steroid dienone is 1. The number of fused-ring (bicyclic) bond motifs is 1. The minimum absolute atomic E-state index is 0.117. The second-order valence-corrected chi connectivity index (χ2v) is 6.27. The second kappa shape index (κ2) is 7.65. The number of hydrogen-bond donors (Lipinski definition) is 3. The highest BCUT2D eigenvalue weighted by Gasteiger charge is 2.08. The Morgan fingerprint density at radius 1 is 1.08 bits per heavy atom.